The molecule has 0 aliphatic carbocycles. The third kappa shape index (κ3) is 5.57. The van der Waals surface area contributed by atoms with Crippen molar-refractivity contribution in [2.45, 2.75) is 17.0 Å². The molecule has 182 valence electrons. The summed E-state index contributed by atoms with van der Waals surface area (Å²) in [4.78, 5) is 16.0. The average molecular weight is 527 g/mol. The van der Waals surface area contributed by atoms with E-state index in [1.165, 1.54) is 0 Å². The van der Waals surface area contributed by atoms with Gasteiger partial charge in [-0.1, -0.05) is 48.0 Å². The molecule has 13 heteroatoms. The van der Waals surface area contributed by atoms with Crippen molar-refractivity contribution in [2.24, 2.45) is 0 Å². The van der Waals surface area contributed by atoms with Gasteiger partial charge in [-0.05, 0) is 17.2 Å². The quantitative estimate of drug-likeness (QED) is 0.403. The lowest BCUT2D eigenvalue weighted by Crippen LogP contribution is -2.52. The van der Waals surface area contributed by atoms with Crippen molar-refractivity contribution in [1.29, 1.82) is 0 Å². The number of hydrogen-bond acceptors (Lipinski definition) is 9. The van der Waals surface area contributed by atoms with Gasteiger partial charge in [0.1, 0.15) is 17.3 Å². The summed E-state index contributed by atoms with van der Waals surface area (Å²) in [7, 11) is -8.43. The van der Waals surface area contributed by atoms with Gasteiger partial charge in [-0.3, -0.25) is 9.78 Å². The summed E-state index contributed by atoms with van der Waals surface area (Å²) in [5, 5.41) is 8.62. The highest BCUT2D eigenvalue weighted by Gasteiger charge is 2.51. The van der Waals surface area contributed by atoms with Gasteiger partial charge in [0.2, 0.25) is 4.08 Å². The highest BCUT2D eigenvalue weighted by Crippen LogP contribution is 2.33. The Kier molecular flexibility index (Phi) is 7.64. The molecule has 2 N–H and O–H groups in total. The van der Waals surface area contributed by atoms with Crippen molar-refractivity contribution in [3.63, 3.8) is 0 Å². The van der Waals surface area contributed by atoms with Gasteiger partial charge in [-0.25, -0.2) is 21.9 Å². The van der Waals surface area contributed by atoms with Gasteiger partial charge in [0.25, 0.3) is 11.4 Å². The lowest BCUT2D eigenvalue weighted by atomic mass is 10.1. The molecule has 0 bridgehead atoms. The molecule has 34 heavy (non-hydrogen) atoms. The van der Waals surface area contributed by atoms with E-state index in [1.54, 1.807) is 54.9 Å². The predicted molar refractivity (Wildman–Crippen MR) is 129 cm³/mol. The molecule has 0 aliphatic rings. The fourth-order valence-electron chi connectivity index (χ4n) is 3.25. The second kappa shape index (κ2) is 10.1. The number of ether oxygens (including phenoxy) is 1. The first kappa shape index (κ1) is 25.7. The summed E-state index contributed by atoms with van der Waals surface area (Å²) < 4.78 is 54.8. The van der Waals surface area contributed by atoms with E-state index in [0.717, 1.165) is 18.1 Å². The average Bonchev–Trinajstić information content (AvgIpc) is 2.78. The maximum absolute atomic E-state index is 12.9. The first-order valence-electron chi connectivity index (χ1n) is 9.91. The van der Waals surface area contributed by atoms with Crippen LogP contribution in [0.1, 0.15) is 11.1 Å². The van der Waals surface area contributed by atoms with E-state index in [-0.39, 0.29) is 29.6 Å². The summed E-state index contributed by atoms with van der Waals surface area (Å²) in [6.07, 6.45) is 4.54. The SMILES string of the molecule is CS(=O)(=O)C(COc1n[nH]c(=O)c(Cl)c1NCc1cccnc1)(Cc1ccccc1)S(C)(=O)=O. The van der Waals surface area contributed by atoms with Crippen molar-refractivity contribution in [3.05, 3.63) is 81.4 Å². The molecule has 2 heterocycles. The number of nitrogens with zero attached hydrogens (tertiary/aromatic N) is 2. The molecule has 0 aliphatic heterocycles. The van der Waals surface area contributed by atoms with Crippen LogP contribution in [0.25, 0.3) is 0 Å². The molecule has 0 atom stereocenters. The van der Waals surface area contributed by atoms with Crippen LogP contribution >= 0.6 is 11.6 Å². The maximum atomic E-state index is 12.9. The minimum atomic E-state index is -4.21. The number of halogens is 1. The van der Waals surface area contributed by atoms with Gasteiger partial charge in [0.15, 0.2) is 19.7 Å². The van der Waals surface area contributed by atoms with Crippen molar-refractivity contribution in [1.82, 2.24) is 15.2 Å². The molecule has 2 aromatic heterocycles. The van der Waals surface area contributed by atoms with Crippen LogP contribution in [0.15, 0.2) is 59.7 Å². The van der Waals surface area contributed by atoms with Crippen LogP contribution in [-0.2, 0) is 32.6 Å². The number of H-pyrrole nitrogens is 1. The van der Waals surface area contributed by atoms with Crippen molar-refractivity contribution >= 4 is 37.0 Å². The number of hydrogen-bond donors (Lipinski definition) is 2. The van der Waals surface area contributed by atoms with Crippen LogP contribution in [0.5, 0.6) is 5.88 Å². The van der Waals surface area contributed by atoms with E-state index < -0.39 is 35.9 Å². The Morgan fingerprint density at radius 1 is 1.03 bits per heavy atom. The molecular formula is C21H23ClN4O6S2. The van der Waals surface area contributed by atoms with Gasteiger partial charge in [-0.2, -0.15) is 0 Å². The topological polar surface area (TPSA) is 148 Å². The zero-order chi connectivity index (χ0) is 25.0. The number of benzene rings is 1. The number of aromatic amines is 1. The highest BCUT2D eigenvalue weighted by molar-refractivity contribution is 8.09. The number of nitrogens with one attached hydrogen (secondary N) is 2. The Balaban J connectivity index is 1.99. The van der Waals surface area contributed by atoms with E-state index in [0.29, 0.717) is 5.56 Å². The van der Waals surface area contributed by atoms with Gasteiger partial charge in [0.05, 0.1) is 0 Å². The standard InChI is InChI=1S/C21H23ClN4O6S2/c1-33(28,29)21(34(2,30)31,11-15-7-4-3-5-8-15)14-32-20-18(17(22)19(27)25-26-20)24-13-16-9-6-10-23-12-16/h3-10,12H,11,13-14H2,1-2H3,(H2,24,25,27). The molecule has 0 saturated heterocycles. The molecule has 0 saturated carbocycles. The zero-order valence-electron chi connectivity index (χ0n) is 18.4. The summed E-state index contributed by atoms with van der Waals surface area (Å²) in [5.74, 6) is -0.252. The maximum Gasteiger partial charge on any atom is 0.285 e. The normalized spacial score (nSPS) is 12.3. The molecule has 0 fully saturated rings. The third-order valence-electron chi connectivity index (χ3n) is 5.18. The lowest BCUT2D eigenvalue weighted by Gasteiger charge is -2.30. The second-order valence-electron chi connectivity index (χ2n) is 7.67. The van der Waals surface area contributed by atoms with Crippen LogP contribution in [-0.4, -0.2) is 55.2 Å². The van der Waals surface area contributed by atoms with Gasteiger partial charge >= 0.3 is 0 Å². The minimum absolute atomic E-state index is 0.00937. The van der Waals surface area contributed by atoms with E-state index in [1.807, 2.05) is 0 Å². The Bertz CT molecular complexity index is 1380. The molecule has 0 spiro atoms. The monoisotopic (exact) mass is 526 g/mol. The number of pyridine rings is 1. The molecule has 0 unspecified atom stereocenters. The third-order valence-corrected chi connectivity index (χ3v) is 10.6. The summed E-state index contributed by atoms with van der Waals surface area (Å²) >= 11 is 6.15. The summed E-state index contributed by atoms with van der Waals surface area (Å²) in [5.41, 5.74) is 0.536. The number of rotatable bonds is 10. The van der Waals surface area contributed by atoms with E-state index in [9.17, 15) is 21.6 Å². The Hall–Kier alpha value is -2.96. The second-order valence-corrected chi connectivity index (χ2v) is 13.0. The molecule has 0 radical (unpaired) electrons. The summed E-state index contributed by atoms with van der Waals surface area (Å²) in [6.45, 7) is -0.584. The van der Waals surface area contributed by atoms with E-state index >= 15 is 0 Å². The van der Waals surface area contributed by atoms with Crippen LogP contribution in [0, 0.1) is 0 Å². The van der Waals surface area contributed by atoms with Crippen molar-refractivity contribution < 1.29 is 21.6 Å². The minimum Gasteiger partial charge on any atom is -0.472 e. The largest absolute Gasteiger partial charge is 0.472 e. The van der Waals surface area contributed by atoms with Gasteiger partial charge in [0, 0.05) is 37.9 Å². The Morgan fingerprint density at radius 2 is 1.68 bits per heavy atom. The molecule has 1 aromatic carbocycles. The molecule has 3 aromatic rings. The van der Waals surface area contributed by atoms with E-state index in [2.05, 4.69) is 20.5 Å². The fraction of sp³-hybridized carbons (Fsp3) is 0.286. The molecule has 0 amide bonds. The highest BCUT2D eigenvalue weighted by atomic mass is 35.5. The van der Waals surface area contributed by atoms with Crippen LogP contribution < -0.4 is 15.6 Å². The molecule has 3 rings (SSSR count). The lowest BCUT2D eigenvalue weighted by molar-refractivity contribution is 0.282. The Morgan fingerprint density at radius 3 is 2.26 bits per heavy atom. The number of aromatic nitrogens is 3. The Labute approximate surface area is 202 Å². The van der Waals surface area contributed by atoms with Crippen molar-refractivity contribution in [2.75, 3.05) is 24.4 Å². The van der Waals surface area contributed by atoms with Gasteiger partial charge in [-0.15, -0.1) is 5.10 Å². The molecule has 10 nitrogen and oxygen atoms in total. The first-order valence-corrected chi connectivity index (χ1v) is 14.1. The first-order chi connectivity index (χ1) is 15.9. The van der Waals surface area contributed by atoms with Crippen LogP contribution in [0.4, 0.5) is 5.69 Å². The van der Waals surface area contributed by atoms with Crippen LogP contribution in [0.2, 0.25) is 5.02 Å². The van der Waals surface area contributed by atoms with Crippen LogP contribution in [0.3, 0.4) is 0 Å². The van der Waals surface area contributed by atoms with Crippen molar-refractivity contribution in [3.8, 4) is 5.88 Å². The summed E-state index contributed by atoms with van der Waals surface area (Å²) in [6, 6.07) is 11.8. The number of anilines is 1. The zero-order valence-corrected chi connectivity index (χ0v) is 20.7. The number of sulfone groups is 2. The smallest absolute Gasteiger partial charge is 0.285 e. The van der Waals surface area contributed by atoms with Gasteiger partial charge < -0.3 is 10.1 Å². The fourth-order valence-corrected chi connectivity index (χ4v) is 7.05. The van der Waals surface area contributed by atoms with E-state index in [4.69, 9.17) is 16.3 Å². The predicted octanol–water partition coefficient (Wildman–Crippen LogP) is 1.84. The molecular weight excluding hydrogens is 504 g/mol.